The Bertz CT molecular complexity index is 3510. The van der Waals surface area contributed by atoms with Crippen LogP contribution in [0.15, 0.2) is 194 Å². The predicted molar refractivity (Wildman–Crippen MR) is 244 cm³/mol. The largest absolute Gasteiger partial charge is 0.309 e. The van der Waals surface area contributed by atoms with E-state index in [0.29, 0.717) is 5.82 Å². The molecule has 12 aromatic rings. The van der Waals surface area contributed by atoms with Crippen molar-refractivity contribution in [3.8, 4) is 50.8 Å². The minimum atomic E-state index is 0.681. The lowest BCUT2D eigenvalue weighted by Crippen LogP contribution is -1.98. The van der Waals surface area contributed by atoms with Gasteiger partial charge in [-0.3, -0.25) is 0 Å². The molecule has 4 nitrogen and oxygen atoms in total. The highest BCUT2D eigenvalue weighted by molar-refractivity contribution is 7.26. The summed E-state index contributed by atoms with van der Waals surface area (Å²) < 4.78 is 4.88. The minimum Gasteiger partial charge on any atom is -0.309 e. The van der Waals surface area contributed by atoms with Crippen molar-refractivity contribution in [3.63, 3.8) is 0 Å². The molecule has 58 heavy (non-hydrogen) atoms. The van der Waals surface area contributed by atoms with E-state index in [-0.39, 0.29) is 0 Å². The molecule has 0 bridgehead atoms. The van der Waals surface area contributed by atoms with Crippen molar-refractivity contribution in [2.45, 2.75) is 0 Å². The molecule has 5 heteroatoms. The van der Waals surface area contributed by atoms with Gasteiger partial charge >= 0.3 is 0 Å². The number of aromatic nitrogens is 4. The predicted octanol–water partition coefficient (Wildman–Crippen LogP) is 14.3. The summed E-state index contributed by atoms with van der Waals surface area (Å²) in [5.74, 6) is 0.681. The van der Waals surface area contributed by atoms with Gasteiger partial charge in [-0.25, -0.2) is 15.0 Å². The maximum Gasteiger partial charge on any atom is 0.160 e. The van der Waals surface area contributed by atoms with Gasteiger partial charge in [-0.2, -0.15) is 0 Å². The van der Waals surface area contributed by atoms with Crippen molar-refractivity contribution in [1.82, 2.24) is 19.5 Å². The summed E-state index contributed by atoms with van der Waals surface area (Å²) in [7, 11) is 0. The summed E-state index contributed by atoms with van der Waals surface area (Å²) in [5.41, 5.74) is 11.4. The third-order valence-electron chi connectivity index (χ3n) is 11.4. The second kappa shape index (κ2) is 13.1. The van der Waals surface area contributed by atoms with Crippen LogP contribution in [0.3, 0.4) is 0 Å². The molecule has 4 aromatic heterocycles. The molecule has 0 atom stereocenters. The summed E-state index contributed by atoms with van der Waals surface area (Å²) in [6.45, 7) is 0. The Morgan fingerprint density at radius 3 is 1.71 bits per heavy atom. The Morgan fingerprint density at radius 2 is 0.966 bits per heavy atom. The van der Waals surface area contributed by atoms with E-state index >= 15 is 0 Å². The summed E-state index contributed by atoms with van der Waals surface area (Å²) in [4.78, 5) is 15.9. The van der Waals surface area contributed by atoms with Crippen molar-refractivity contribution in [2.75, 3.05) is 0 Å². The van der Waals surface area contributed by atoms with Crippen LogP contribution in [0, 0.1) is 0 Å². The number of hydrogen-bond acceptors (Lipinski definition) is 4. The molecule has 270 valence electrons. The van der Waals surface area contributed by atoms with Gasteiger partial charge in [0.25, 0.3) is 0 Å². The van der Waals surface area contributed by atoms with Gasteiger partial charge in [-0.05, 0) is 65.4 Å². The third-order valence-corrected chi connectivity index (χ3v) is 12.6. The molecule has 0 N–H and O–H groups in total. The summed E-state index contributed by atoms with van der Waals surface area (Å²) in [5, 5.41) is 8.37. The van der Waals surface area contributed by atoms with Crippen molar-refractivity contribution >= 4 is 75.0 Å². The maximum atomic E-state index is 5.39. The van der Waals surface area contributed by atoms with Gasteiger partial charge in [0, 0.05) is 64.3 Å². The van der Waals surface area contributed by atoms with E-state index in [1.807, 2.05) is 17.4 Å². The first kappa shape index (κ1) is 32.7. The quantitative estimate of drug-likeness (QED) is 0.176. The topological polar surface area (TPSA) is 43.6 Å². The van der Waals surface area contributed by atoms with Gasteiger partial charge < -0.3 is 4.57 Å². The lowest BCUT2D eigenvalue weighted by atomic mass is 9.93. The highest BCUT2D eigenvalue weighted by Crippen LogP contribution is 2.45. The van der Waals surface area contributed by atoms with E-state index in [4.69, 9.17) is 15.0 Å². The average Bonchev–Trinajstić information content (AvgIpc) is 3.86. The highest BCUT2D eigenvalue weighted by Gasteiger charge is 2.20. The van der Waals surface area contributed by atoms with Gasteiger partial charge in [0.15, 0.2) is 5.82 Å². The molecule has 8 aromatic carbocycles. The van der Waals surface area contributed by atoms with Crippen molar-refractivity contribution in [2.24, 2.45) is 0 Å². The fraction of sp³-hybridized carbons (Fsp3) is 0. The number of rotatable bonds is 5. The summed E-state index contributed by atoms with van der Waals surface area (Å²) in [6.07, 6.45) is 0. The molecule has 0 aliphatic rings. The van der Waals surface area contributed by atoms with Crippen molar-refractivity contribution in [1.29, 1.82) is 0 Å². The number of pyridine rings is 1. The fourth-order valence-electron chi connectivity index (χ4n) is 8.76. The number of nitrogens with zero attached hydrogens (tertiary/aromatic N) is 4. The molecule has 0 aliphatic heterocycles. The molecule has 0 saturated heterocycles. The number of thiophene rings is 1. The zero-order valence-corrected chi connectivity index (χ0v) is 32.0. The Hall–Kier alpha value is -7.47. The summed E-state index contributed by atoms with van der Waals surface area (Å²) >= 11 is 1.85. The highest BCUT2D eigenvalue weighted by atomic mass is 32.1. The van der Waals surface area contributed by atoms with Crippen LogP contribution in [0.5, 0.6) is 0 Å². The van der Waals surface area contributed by atoms with Gasteiger partial charge in [-0.15, -0.1) is 11.3 Å². The Kier molecular flexibility index (Phi) is 7.37. The lowest BCUT2D eigenvalue weighted by molar-refractivity contribution is 1.16. The van der Waals surface area contributed by atoms with E-state index in [0.717, 1.165) is 61.3 Å². The first-order valence-corrected chi connectivity index (χ1v) is 20.3. The molecule has 0 radical (unpaired) electrons. The SMILES string of the molecule is c1ccc(-c2cc(-c3ccc(-c4nc5ccccc5c5sc6ccccc6c45)c4ccccc34)nc(-c3ccc(-n4c5ccccc5c5ccccc54)cc3)n2)cc1. The Labute approximate surface area is 338 Å². The molecular weight excluding hydrogens is 725 g/mol. The molecule has 0 unspecified atom stereocenters. The number of fused-ring (bicyclic) bond motifs is 9. The molecule has 0 fully saturated rings. The fourth-order valence-corrected chi connectivity index (χ4v) is 10.0. The van der Waals surface area contributed by atoms with Crippen LogP contribution < -0.4 is 0 Å². The lowest BCUT2D eigenvalue weighted by Gasteiger charge is -2.15. The zero-order valence-electron chi connectivity index (χ0n) is 31.2. The van der Waals surface area contributed by atoms with Gasteiger partial charge in [0.2, 0.25) is 0 Å². The first-order chi connectivity index (χ1) is 28.8. The first-order valence-electron chi connectivity index (χ1n) is 19.5. The maximum absolute atomic E-state index is 5.39. The monoisotopic (exact) mass is 756 g/mol. The Balaban J connectivity index is 1.04. The van der Waals surface area contributed by atoms with E-state index in [9.17, 15) is 0 Å². The normalized spacial score (nSPS) is 11.8. The molecule has 12 rings (SSSR count). The van der Waals surface area contributed by atoms with Crippen molar-refractivity contribution < 1.29 is 0 Å². The molecular formula is C53H32N4S. The van der Waals surface area contributed by atoms with E-state index < -0.39 is 0 Å². The molecule has 0 saturated carbocycles. The molecule has 4 heterocycles. The van der Waals surface area contributed by atoms with Crippen LogP contribution in [0.2, 0.25) is 0 Å². The average molecular weight is 757 g/mol. The second-order valence-electron chi connectivity index (χ2n) is 14.7. The van der Waals surface area contributed by atoms with E-state index in [2.05, 4.69) is 193 Å². The summed E-state index contributed by atoms with van der Waals surface area (Å²) in [6, 6.07) is 68.8. The second-order valence-corrected chi connectivity index (χ2v) is 15.8. The third kappa shape index (κ3) is 5.11. The number of hydrogen-bond donors (Lipinski definition) is 0. The smallest absolute Gasteiger partial charge is 0.160 e. The molecule has 0 amide bonds. The van der Waals surface area contributed by atoms with Crippen LogP contribution in [-0.4, -0.2) is 19.5 Å². The van der Waals surface area contributed by atoms with Gasteiger partial charge in [-0.1, -0.05) is 140 Å². The molecule has 0 aliphatic carbocycles. The Morgan fingerprint density at radius 1 is 0.397 bits per heavy atom. The van der Waals surface area contributed by atoms with E-state index in [1.54, 1.807) is 0 Å². The van der Waals surface area contributed by atoms with Crippen LogP contribution >= 0.6 is 11.3 Å². The van der Waals surface area contributed by atoms with Crippen LogP contribution in [0.4, 0.5) is 0 Å². The van der Waals surface area contributed by atoms with E-state index in [1.165, 1.54) is 47.4 Å². The standard InChI is InChI=1S/C53H32N4S/c1-2-14-33(15-3-1)45-32-46(56-53(55-45)34-26-28-35(29-27-34)57-47-23-11-7-18-39(47)40-19-8-12-24-48(40)57)38-30-31-41(37-17-5-4-16-36(37)38)51-50-43-21-9-13-25-49(43)58-52(50)42-20-6-10-22-44(42)54-51/h1-32H. The van der Waals surface area contributed by atoms with Crippen LogP contribution in [0.25, 0.3) is 115 Å². The van der Waals surface area contributed by atoms with Gasteiger partial charge in [0.05, 0.1) is 33.6 Å². The minimum absolute atomic E-state index is 0.681. The van der Waals surface area contributed by atoms with Crippen LogP contribution in [-0.2, 0) is 0 Å². The van der Waals surface area contributed by atoms with Crippen LogP contribution in [0.1, 0.15) is 0 Å². The van der Waals surface area contributed by atoms with Gasteiger partial charge in [0.1, 0.15) is 0 Å². The van der Waals surface area contributed by atoms with Crippen molar-refractivity contribution in [3.05, 3.63) is 194 Å². The number of benzene rings is 8. The number of para-hydroxylation sites is 3. The molecule has 0 spiro atoms. The zero-order chi connectivity index (χ0) is 38.2.